The Labute approximate surface area is 156 Å². The lowest BCUT2D eigenvalue weighted by Gasteiger charge is -2.12. The number of aryl methyl sites for hydroxylation is 1. The van der Waals surface area contributed by atoms with Crippen LogP contribution in [0.4, 0.5) is 5.69 Å². The van der Waals surface area contributed by atoms with E-state index in [4.69, 9.17) is 16.6 Å². The van der Waals surface area contributed by atoms with Gasteiger partial charge in [-0.3, -0.25) is 5.43 Å². The molecule has 0 aliphatic heterocycles. The average molecular weight is 365 g/mol. The minimum absolute atomic E-state index is 0.350. The van der Waals surface area contributed by atoms with E-state index in [0.717, 1.165) is 16.6 Å². The van der Waals surface area contributed by atoms with Gasteiger partial charge in [-0.2, -0.15) is 5.10 Å². The molecular weight excluding hydrogens is 346 g/mol. The van der Waals surface area contributed by atoms with E-state index in [1.807, 2.05) is 50.2 Å². The third kappa shape index (κ3) is 3.81. The molecule has 3 aromatic rings. The Bertz CT molecular complexity index is 1070. The van der Waals surface area contributed by atoms with Gasteiger partial charge in [0.2, 0.25) is 0 Å². The van der Waals surface area contributed by atoms with Crippen molar-refractivity contribution < 1.29 is 4.42 Å². The number of nitrogens with zero attached hydrogens (tertiary/aromatic N) is 1. The highest BCUT2D eigenvalue weighted by molar-refractivity contribution is 7.80. The van der Waals surface area contributed by atoms with Crippen LogP contribution in [0.1, 0.15) is 23.6 Å². The number of rotatable bonds is 3. The van der Waals surface area contributed by atoms with Gasteiger partial charge in [-0.15, -0.1) is 0 Å². The first-order chi connectivity index (χ1) is 12.5. The molecule has 26 heavy (non-hydrogen) atoms. The van der Waals surface area contributed by atoms with E-state index in [-0.39, 0.29) is 0 Å². The van der Waals surface area contributed by atoms with Crippen LogP contribution in [-0.4, -0.2) is 10.8 Å². The second kappa shape index (κ2) is 7.49. The summed E-state index contributed by atoms with van der Waals surface area (Å²) in [5.41, 5.74) is 7.00. The molecule has 132 valence electrons. The quantitative estimate of drug-likeness (QED) is 0.316. The first-order valence-electron chi connectivity index (χ1n) is 8.16. The summed E-state index contributed by atoms with van der Waals surface area (Å²) >= 11 is 5.29. The van der Waals surface area contributed by atoms with Crippen molar-refractivity contribution in [3.63, 3.8) is 0 Å². The third-order valence-electron chi connectivity index (χ3n) is 4.21. The normalized spacial score (nSPS) is 11.4. The van der Waals surface area contributed by atoms with E-state index in [2.05, 4.69) is 15.8 Å². The molecule has 0 unspecified atom stereocenters. The summed E-state index contributed by atoms with van der Waals surface area (Å²) in [5.74, 6) is 0. The van der Waals surface area contributed by atoms with Crippen molar-refractivity contribution in [2.24, 2.45) is 5.10 Å². The van der Waals surface area contributed by atoms with Gasteiger partial charge in [-0.05, 0) is 62.3 Å². The highest BCUT2D eigenvalue weighted by atomic mass is 32.1. The highest BCUT2D eigenvalue weighted by Crippen LogP contribution is 2.17. The Balaban J connectivity index is 1.78. The summed E-state index contributed by atoms with van der Waals surface area (Å²) in [5, 5.41) is 8.52. The zero-order chi connectivity index (χ0) is 18.7. The Morgan fingerprint density at radius 2 is 1.88 bits per heavy atom. The van der Waals surface area contributed by atoms with E-state index >= 15 is 0 Å². The van der Waals surface area contributed by atoms with Crippen LogP contribution in [0.25, 0.3) is 11.0 Å². The summed E-state index contributed by atoms with van der Waals surface area (Å²) in [6.45, 7) is 5.79. The summed E-state index contributed by atoms with van der Waals surface area (Å²) in [6.07, 6.45) is 0. The monoisotopic (exact) mass is 365 g/mol. The van der Waals surface area contributed by atoms with Crippen LogP contribution in [0, 0.1) is 13.8 Å². The number of nitrogens with one attached hydrogen (secondary N) is 2. The van der Waals surface area contributed by atoms with Crippen molar-refractivity contribution in [3.8, 4) is 0 Å². The minimum Gasteiger partial charge on any atom is -0.422 e. The van der Waals surface area contributed by atoms with Crippen molar-refractivity contribution in [1.29, 1.82) is 0 Å². The van der Waals surface area contributed by atoms with Crippen LogP contribution in [0.5, 0.6) is 0 Å². The number of hydrogen-bond donors (Lipinski definition) is 2. The van der Waals surface area contributed by atoms with Gasteiger partial charge >= 0.3 is 5.63 Å². The molecule has 0 radical (unpaired) electrons. The van der Waals surface area contributed by atoms with Crippen LogP contribution in [0.3, 0.4) is 0 Å². The number of fused-ring (bicyclic) bond motifs is 1. The van der Waals surface area contributed by atoms with Crippen molar-refractivity contribution in [2.45, 2.75) is 20.8 Å². The Kier molecular flexibility index (Phi) is 5.14. The molecule has 3 rings (SSSR count). The van der Waals surface area contributed by atoms with Crippen LogP contribution in [0.15, 0.2) is 62.8 Å². The van der Waals surface area contributed by atoms with E-state index in [9.17, 15) is 4.79 Å². The van der Waals surface area contributed by atoms with Crippen LogP contribution in [0.2, 0.25) is 0 Å². The van der Waals surface area contributed by atoms with Gasteiger partial charge in [0.15, 0.2) is 5.11 Å². The molecule has 2 N–H and O–H groups in total. The van der Waals surface area contributed by atoms with Gasteiger partial charge in [-0.1, -0.05) is 30.3 Å². The van der Waals surface area contributed by atoms with E-state index < -0.39 is 5.63 Å². The second-order valence-corrected chi connectivity index (χ2v) is 6.40. The molecule has 6 heteroatoms. The average Bonchev–Trinajstić information content (AvgIpc) is 2.63. The predicted molar refractivity (Wildman–Crippen MR) is 110 cm³/mol. The Morgan fingerprint density at radius 1 is 1.12 bits per heavy atom. The van der Waals surface area contributed by atoms with Crippen LogP contribution in [-0.2, 0) is 0 Å². The zero-order valence-electron chi connectivity index (χ0n) is 14.8. The smallest absolute Gasteiger partial charge is 0.345 e. The van der Waals surface area contributed by atoms with E-state index in [1.165, 1.54) is 5.56 Å². The summed E-state index contributed by atoms with van der Waals surface area (Å²) in [4.78, 5) is 12.2. The maximum absolute atomic E-state index is 12.2. The zero-order valence-corrected chi connectivity index (χ0v) is 15.6. The summed E-state index contributed by atoms with van der Waals surface area (Å²) in [6, 6.07) is 15.1. The molecular formula is C20H19N3O2S. The molecule has 5 nitrogen and oxygen atoms in total. The molecule has 0 aliphatic carbocycles. The molecule has 0 spiro atoms. The largest absolute Gasteiger partial charge is 0.422 e. The van der Waals surface area contributed by atoms with Crippen molar-refractivity contribution in [3.05, 3.63) is 75.6 Å². The van der Waals surface area contributed by atoms with Gasteiger partial charge in [0.25, 0.3) is 0 Å². The topological polar surface area (TPSA) is 66.6 Å². The third-order valence-corrected chi connectivity index (χ3v) is 4.40. The highest BCUT2D eigenvalue weighted by Gasteiger charge is 2.09. The van der Waals surface area contributed by atoms with Crippen molar-refractivity contribution >= 4 is 39.7 Å². The fourth-order valence-electron chi connectivity index (χ4n) is 2.55. The van der Waals surface area contributed by atoms with E-state index in [1.54, 1.807) is 19.1 Å². The SMILES string of the molecule is C/C(=N\NC(=S)Nc1cccc(C)c1C)c1cc2ccccc2oc1=O. The molecule has 0 amide bonds. The Morgan fingerprint density at radius 3 is 2.69 bits per heavy atom. The molecule has 0 bridgehead atoms. The van der Waals surface area contributed by atoms with E-state index in [0.29, 0.717) is 22.0 Å². The number of anilines is 1. The molecule has 1 aromatic heterocycles. The number of hydrogen-bond acceptors (Lipinski definition) is 4. The lowest BCUT2D eigenvalue weighted by molar-refractivity contribution is 0.559. The standard InChI is InChI=1S/C20H19N3O2S/c1-12-7-6-9-17(13(12)2)21-20(26)23-22-14(3)16-11-15-8-4-5-10-18(15)25-19(16)24/h4-11H,1-3H3,(H2,21,23,26)/b22-14+. The number of thiocarbonyl (C=S) groups is 1. The first-order valence-corrected chi connectivity index (χ1v) is 8.57. The lowest BCUT2D eigenvalue weighted by Crippen LogP contribution is -2.26. The van der Waals surface area contributed by atoms with Crippen molar-refractivity contribution in [2.75, 3.05) is 5.32 Å². The van der Waals surface area contributed by atoms with Crippen LogP contribution >= 0.6 is 12.2 Å². The summed E-state index contributed by atoms with van der Waals surface area (Å²) < 4.78 is 5.33. The molecule has 2 aromatic carbocycles. The fourth-order valence-corrected chi connectivity index (χ4v) is 2.70. The maximum Gasteiger partial charge on any atom is 0.345 e. The van der Waals surface area contributed by atoms with Gasteiger partial charge < -0.3 is 9.73 Å². The minimum atomic E-state index is -0.430. The predicted octanol–water partition coefficient (Wildman–Crippen LogP) is 4.12. The molecule has 0 aliphatic rings. The molecule has 0 saturated carbocycles. The van der Waals surface area contributed by atoms with Crippen LogP contribution < -0.4 is 16.4 Å². The second-order valence-electron chi connectivity index (χ2n) is 6.00. The van der Waals surface area contributed by atoms with Gasteiger partial charge in [0.1, 0.15) is 5.58 Å². The molecule has 1 heterocycles. The summed E-state index contributed by atoms with van der Waals surface area (Å²) in [7, 11) is 0. The number of hydrazone groups is 1. The lowest BCUT2D eigenvalue weighted by atomic mass is 10.1. The first kappa shape index (κ1) is 17.8. The molecule has 0 fully saturated rings. The molecule has 0 saturated heterocycles. The van der Waals surface area contributed by atoms with Crippen molar-refractivity contribution in [1.82, 2.24) is 5.43 Å². The van der Waals surface area contributed by atoms with Gasteiger partial charge in [0.05, 0.1) is 11.3 Å². The fraction of sp³-hybridized carbons (Fsp3) is 0.150. The van der Waals surface area contributed by atoms with Gasteiger partial charge in [-0.25, -0.2) is 4.79 Å². The van der Waals surface area contributed by atoms with Gasteiger partial charge in [0, 0.05) is 11.1 Å². The number of benzene rings is 2. The molecule has 0 atom stereocenters. The Hall–Kier alpha value is -2.99. The maximum atomic E-state index is 12.2. The number of para-hydroxylation sites is 1.